The molecule has 0 bridgehead atoms. The summed E-state index contributed by atoms with van der Waals surface area (Å²) in [7, 11) is 1.29. The Bertz CT molecular complexity index is 494. The Hall–Kier alpha value is -2.32. The molecule has 21 heavy (non-hydrogen) atoms. The number of aliphatic carboxylic acids is 1. The standard InChI is InChI=1S/C12H14F3N3O3/c1-17(6-9-3-2-4-16-5-9)11(21)18(7-10(19)20)8-12(13,14)15/h2-5H,6-8H2,1H3,(H,19,20). The van der Waals surface area contributed by atoms with Crippen LogP contribution in [0.25, 0.3) is 0 Å². The maximum Gasteiger partial charge on any atom is 0.406 e. The number of hydrogen-bond acceptors (Lipinski definition) is 3. The van der Waals surface area contributed by atoms with Gasteiger partial charge in [0.05, 0.1) is 0 Å². The minimum Gasteiger partial charge on any atom is -0.480 e. The molecular formula is C12H14F3N3O3. The smallest absolute Gasteiger partial charge is 0.406 e. The van der Waals surface area contributed by atoms with Crippen LogP contribution in [0, 0.1) is 0 Å². The van der Waals surface area contributed by atoms with Crippen molar-refractivity contribution in [2.45, 2.75) is 12.7 Å². The second-order valence-corrected chi connectivity index (χ2v) is 4.36. The summed E-state index contributed by atoms with van der Waals surface area (Å²) in [6.07, 6.45) is -1.68. The van der Waals surface area contributed by atoms with E-state index < -0.39 is 31.3 Å². The monoisotopic (exact) mass is 305 g/mol. The van der Waals surface area contributed by atoms with Crippen LogP contribution in [-0.2, 0) is 11.3 Å². The van der Waals surface area contributed by atoms with Crippen molar-refractivity contribution >= 4 is 12.0 Å². The first-order valence-corrected chi connectivity index (χ1v) is 5.86. The number of rotatable bonds is 5. The first-order valence-electron chi connectivity index (χ1n) is 5.86. The van der Waals surface area contributed by atoms with Crippen LogP contribution < -0.4 is 0 Å². The van der Waals surface area contributed by atoms with Crippen molar-refractivity contribution in [3.8, 4) is 0 Å². The van der Waals surface area contributed by atoms with Crippen LogP contribution >= 0.6 is 0 Å². The highest BCUT2D eigenvalue weighted by atomic mass is 19.4. The van der Waals surface area contributed by atoms with Crippen molar-refractivity contribution in [3.63, 3.8) is 0 Å². The predicted octanol–water partition coefficient (Wildman–Crippen LogP) is 1.58. The molecule has 1 rings (SSSR count). The van der Waals surface area contributed by atoms with Gasteiger partial charge in [0, 0.05) is 26.0 Å². The number of pyridine rings is 1. The number of nitrogens with zero attached hydrogens (tertiary/aromatic N) is 3. The SMILES string of the molecule is CN(Cc1cccnc1)C(=O)N(CC(=O)O)CC(F)(F)F. The first kappa shape index (κ1) is 16.7. The third-order valence-corrected chi connectivity index (χ3v) is 2.44. The van der Waals surface area contributed by atoms with Crippen molar-refractivity contribution in [2.75, 3.05) is 20.1 Å². The van der Waals surface area contributed by atoms with Gasteiger partial charge in [-0.2, -0.15) is 13.2 Å². The summed E-state index contributed by atoms with van der Waals surface area (Å²) in [6, 6.07) is 2.26. The highest BCUT2D eigenvalue weighted by Gasteiger charge is 2.35. The van der Waals surface area contributed by atoms with E-state index in [1.54, 1.807) is 12.1 Å². The average molecular weight is 305 g/mol. The zero-order valence-electron chi connectivity index (χ0n) is 11.2. The number of amides is 2. The molecule has 0 saturated heterocycles. The summed E-state index contributed by atoms with van der Waals surface area (Å²) >= 11 is 0. The Balaban J connectivity index is 2.76. The molecule has 0 aliphatic carbocycles. The maximum absolute atomic E-state index is 12.4. The van der Waals surface area contributed by atoms with Gasteiger partial charge in [0.1, 0.15) is 13.1 Å². The van der Waals surface area contributed by atoms with Crippen LogP contribution in [0.15, 0.2) is 24.5 Å². The number of aromatic nitrogens is 1. The summed E-state index contributed by atoms with van der Waals surface area (Å²) in [5.74, 6) is -1.51. The van der Waals surface area contributed by atoms with Gasteiger partial charge in [-0.1, -0.05) is 6.07 Å². The van der Waals surface area contributed by atoms with E-state index in [0.29, 0.717) is 5.56 Å². The molecule has 0 unspecified atom stereocenters. The Morgan fingerprint density at radius 1 is 1.38 bits per heavy atom. The quantitative estimate of drug-likeness (QED) is 0.896. The van der Waals surface area contributed by atoms with E-state index in [9.17, 15) is 22.8 Å². The summed E-state index contributed by atoms with van der Waals surface area (Å²) in [5.41, 5.74) is 0.621. The maximum atomic E-state index is 12.4. The van der Waals surface area contributed by atoms with Crippen molar-refractivity contribution in [3.05, 3.63) is 30.1 Å². The molecule has 0 aromatic carbocycles. The lowest BCUT2D eigenvalue weighted by Gasteiger charge is -2.27. The van der Waals surface area contributed by atoms with Crippen LogP contribution in [-0.4, -0.2) is 58.2 Å². The third-order valence-electron chi connectivity index (χ3n) is 2.44. The second kappa shape index (κ2) is 6.91. The van der Waals surface area contributed by atoms with Gasteiger partial charge in [0.25, 0.3) is 0 Å². The van der Waals surface area contributed by atoms with Crippen molar-refractivity contribution in [2.24, 2.45) is 0 Å². The zero-order valence-corrected chi connectivity index (χ0v) is 11.2. The lowest BCUT2D eigenvalue weighted by Crippen LogP contribution is -2.47. The minimum absolute atomic E-state index is 0.0284. The molecular weight excluding hydrogens is 291 g/mol. The molecule has 0 aliphatic heterocycles. The van der Waals surface area contributed by atoms with Crippen LogP contribution in [0.3, 0.4) is 0 Å². The first-order chi connectivity index (χ1) is 9.69. The van der Waals surface area contributed by atoms with E-state index in [2.05, 4.69) is 4.98 Å². The number of carboxylic acids is 1. The minimum atomic E-state index is -4.67. The number of hydrogen-bond donors (Lipinski definition) is 1. The fourth-order valence-corrected chi connectivity index (χ4v) is 1.65. The molecule has 0 aliphatic rings. The lowest BCUT2D eigenvalue weighted by molar-refractivity contribution is -0.149. The van der Waals surface area contributed by atoms with Gasteiger partial charge in [-0.15, -0.1) is 0 Å². The summed E-state index contributed by atoms with van der Waals surface area (Å²) in [4.78, 5) is 27.6. The van der Waals surface area contributed by atoms with E-state index in [4.69, 9.17) is 5.11 Å². The molecule has 1 N–H and O–H groups in total. The topological polar surface area (TPSA) is 73.7 Å². The van der Waals surface area contributed by atoms with E-state index in [0.717, 1.165) is 4.90 Å². The number of carbonyl (C=O) groups excluding carboxylic acids is 1. The molecule has 0 spiro atoms. The summed E-state index contributed by atoms with van der Waals surface area (Å²) < 4.78 is 37.2. The van der Waals surface area contributed by atoms with E-state index >= 15 is 0 Å². The molecule has 9 heteroatoms. The van der Waals surface area contributed by atoms with Crippen LogP contribution in [0.4, 0.5) is 18.0 Å². The van der Waals surface area contributed by atoms with Gasteiger partial charge >= 0.3 is 18.2 Å². The van der Waals surface area contributed by atoms with E-state index in [1.807, 2.05) is 0 Å². The molecule has 1 aromatic heterocycles. The van der Waals surface area contributed by atoms with Crippen molar-refractivity contribution in [1.82, 2.24) is 14.8 Å². The Morgan fingerprint density at radius 3 is 2.52 bits per heavy atom. The fourth-order valence-electron chi connectivity index (χ4n) is 1.65. The summed E-state index contributed by atoms with van der Waals surface area (Å²) in [5, 5.41) is 8.61. The van der Waals surface area contributed by atoms with Gasteiger partial charge in [0.15, 0.2) is 0 Å². The number of urea groups is 1. The van der Waals surface area contributed by atoms with Gasteiger partial charge < -0.3 is 14.9 Å². The molecule has 0 atom stereocenters. The second-order valence-electron chi connectivity index (χ2n) is 4.36. The Morgan fingerprint density at radius 2 is 2.05 bits per heavy atom. The van der Waals surface area contributed by atoms with Gasteiger partial charge in [-0.25, -0.2) is 4.79 Å². The molecule has 0 fully saturated rings. The van der Waals surface area contributed by atoms with Gasteiger partial charge in [-0.05, 0) is 11.6 Å². The van der Waals surface area contributed by atoms with E-state index in [1.165, 1.54) is 19.4 Å². The normalized spacial score (nSPS) is 11.0. The van der Waals surface area contributed by atoms with Crippen molar-refractivity contribution < 1.29 is 27.9 Å². The van der Waals surface area contributed by atoms with Gasteiger partial charge in [0.2, 0.25) is 0 Å². The Labute approximate surface area is 118 Å². The lowest BCUT2D eigenvalue weighted by atomic mass is 10.3. The summed E-state index contributed by atoms with van der Waals surface area (Å²) in [6.45, 7) is -2.61. The Kier molecular flexibility index (Phi) is 5.51. The molecule has 2 amide bonds. The van der Waals surface area contributed by atoms with Crippen LogP contribution in [0.1, 0.15) is 5.56 Å². The molecule has 0 saturated carbocycles. The molecule has 1 heterocycles. The molecule has 0 radical (unpaired) electrons. The highest BCUT2D eigenvalue weighted by molar-refractivity contribution is 5.80. The molecule has 1 aromatic rings. The zero-order chi connectivity index (χ0) is 16.0. The number of carboxylic acid groups (broad SMARTS) is 1. The van der Waals surface area contributed by atoms with E-state index in [-0.39, 0.29) is 11.4 Å². The average Bonchev–Trinajstić information content (AvgIpc) is 2.36. The highest BCUT2D eigenvalue weighted by Crippen LogP contribution is 2.17. The van der Waals surface area contributed by atoms with Crippen molar-refractivity contribution in [1.29, 1.82) is 0 Å². The predicted molar refractivity (Wildman–Crippen MR) is 66.4 cm³/mol. The third kappa shape index (κ3) is 6.11. The largest absolute Gasteiger partial charge is 0.480 e. The number of carbonyl (C=O) groups is 2. The number of halogens is 3. The van der Waals surface area contributed by atoms with Gasteiger partial charge in [-0.3, -0.25) is 9.78 Å². The molecule has 6 nitrogen and oxygen atoms in total. The van der Waals surface area contributed by atoms with Crippen LogP contribution in [0.2, 0.25) is 0 Å². The number of alkyl halides is 3. The molecule has 116 valence electrons. The fraction of sp³-hybridized carbons (Fsp3) is 0.417. The van der Waals surface area contributed by atoms with Crippen LogP contribution in [0.5, 0.6) is 0 Å².